The fourth-order valence-electron chi connectivity index (χ4n) is 11.5. The van der Waals surface area contributed by atoms with E-state index in [-0.39, 0.29) is 5.41 Å². The van der Waals surface area contributed by atoms with Crippen LogP contribution >= 0.6 is 11.3 Å². The van der Waals surface area contributed by atoms with Gasteiger partial charge in [0.1, 0.15) is 0 Å². The molecule has 66 heavy (non-hydrogen) atoms. The molecule has 0 spiro atoms. The molecule has 0 bridgehead atoms. The third-order valence-electron chi connectivity index (χ3n) is 14.6. The summed E-state index contributed by atoms with van der Waals surface area (Å²) in [7, 11) is 0. The van der Waals surface area contributed by atoms with Crippen molar-refractivity contribution in [2.45, 2.75) is 24.7 Å². The van der Waals surface area contributed by atoms with Gasteiger partial charge in [0.2, 0.25) is 0 Å². The number of benzene rings is 10. The zero-order valence-corrected chi connectivity index (χ0v) is 37.7. The van der Waals surface area contributed by atoms with Crippen LogP contribution in [0, 0.1) is 0 Å². The average molecular weight is 860 g/mol. The molecule has 2 heteroatoms. The van der Waals surface area contributed by atoms with Gasteiger partial charge in [-0.05, 0) is 109 Å². The maximum absolute atomic E-state index is 2.50. The van der Waals surface area contributed by atoms with Crippen LogP contribution in [-0.2, 0) is 10.8 Å². The minimum atomic E-state index is -0.535. The largest absolute Gasteiger partial charge is 0.310 e. The number of hydrogen-bond donors (Lipinski definition) is 0. The molecule has 0 amide bonds. The zero-order valence-electron chi connectivity index (χ0n) is 36.9. The van der Waals surface area contributed by atoms with Gasteiger partial charge in [-0.1, -0.05) is 214 Å². The number of fused-ring (bicyclic) bond motifs is 9. The van der Waals surface area contributed by atoms with E-state index in [1.807, 2.05) is 11.3 Å². The lowest BCUT2D eigenvalue weighted by Gasteiger charge is -2.34. The second-order valence-corrected chi connectivity index (χ2v) is 19.4. The van der Waals surface area contributed by atoms with Crippen LogP contribution in [0.3, 0.4) is 0 Å². The Bertz CT molecular complexity index is 3660. The first-order valence-corrected chi connectivity index (χ1v) is 23.8. The SMILES string of the molecule is CC1(C)c2ccccc2-c2c(N(c3ccc(-c4ccccc4)cc3)c3ccc4c(c3)-c3ccccc3C4(c3ccccc3)c3ccc(-c4cccc5c4sc4ccccc45)cc3)cccc21. The van der Waals surface area contributed by atoms with E-state index in [1.165, 1.54) is 104 Å². The van der Waals surface area contributed by atoms with E-state index in [1.54, 1.807) is 0 Å². The maximum atomic E-state index is 2.50. The van der Waals surface area contributed by atoms with Crippen molar-refractivity contribution < 1.29 is 0 Å². The molecule has 0 aliphatic heterocycles. The molecule has 2 aliphatic rings. The summed E-state index contributed by atoms with van der Waals surface area (Å²) in [4.78, 5) is 2.50. The topological polar surface area (TPSA) is 3.24 Å². The van der Waals surface area contributed by atoms with Crippen LogP contribution < -0.4 is 4.90 Å². The molecule has 1 atom stereocenters. The standard InChI is InChI=1S/C64H45NS/c1-63(2)55-26-12-10-23-53(55)61-58(63)28-16-29-59(61)65(47-37-33-43(34-38-47)42-17-5-3-6-18-42)48-39-40-57-54(41-48)50-21-9-13-27-56(50)64(57,45-19-7-4-8-20-45)46-35-31-44(32-36-46)49-24-15-25-52-51-22-11-14-30-60(51)66-62(49)52/h3-41H,1-2H3. The third kappa shape index (κ3) is 5.65. The van der Waals surface area contributed by atoms with E-state index < -0.39 is 5.41 Å². The minimum absolute atomic E-state index is 0.128. The number of anilines is 3. The summed E-state index contributed by atoms with van der Waals surface area (Å²) in [6.45, 7) is 4.74. The van der Waals surface area contributed by atoms with Crippen LogP contribution in [0.15, 0.2) is 237 Å². The Labute approximate surface area is 390 Å². The molecule has 11 aromatic rings. The lowest BCUT2D eigenvalue weighted by atomic mass is 9.67. The van der Waals surface area contributed by atoms with Gasteiger partial charge in [0.05, 0.1) is 11.1 Å². The molecular weight excluding hydrogens is 815 g/mol. The molecule has 1 heterocycles. The Balaban J connectivity index is 1.01. The van der Waals surface area contributed by atoms with Crippen LogP contribution in [0.2, 0.25) is 0 Å². The summed E-state index contributed by atoms with van der Waals surface area (Å²) in [6, 6.07) is 88.2. The fourth-order valence-corrected chi connectivity index (χ4v) is 12.8. The van der Waals surface area contributed by atoms with Crippen molar-refractivity contribution in [3.8, 4) is 44.5 Å². The molecule has 0 radical (unpaired) electrons. The van der Waals surface area contributed by atoms with Gasteiger partial charge in [0.15, 0.2) is 0 Å². The van der Waals surface area contributed by atoms with Crippen LogP contribution in [0.1, 0.15) is 47.2 Å². The first kappa shape index (κ1) is 38.7. The van der Waals surface area contributed by atoms with Gasteiger partial charge in [-0.3, -0.25) is 0 Å². The van der Waals surface area contributed by atoms with Gasteiger partial charge in [-0.15, -0.1) is 11.3 Å². The molecule has 13 rings (SSSR count). The highest BCUT2D eigenvalue weighted by atomic mass is 32.1. The van der Waals surface area contributed by atoms with Crippen LogP contribution in [-0.4, -0.2) is 0 Å². The van der Waals surface area contributed by atoms with E-state index in [9.17, 15) is 0 Å². The summed E-state index contributed by atoms with van der Waals surface area (Å²) >= 11 is 1.89. The lowest BCUT2D eigenvalue weighted by molar-refractivity contribution is 0.660. The Morgan fingerprint density at radius 1 is 0.364 bits per heavy atom. The molecule has 10 aromatic carbocycles. The second kappa shape index (κ2) is 14.9. The molecule has 312 valence electrons. The Morgan fingerprint density at radius 3 is 1.73 bits per heavy atom. The van der Waals surface area contributed by atoms with E-state index in [0.29, 0.717) is 0 Å². The molecule has 1 nitrogen and oxygen atoms in total. The van der Waals surface area contributed by atoms with Crippen molar-refractivity contribution in [1.29, 1.82) is 0 Å². The predicted octanol–water partition coefficient (Wildman–Crippen LogP) is 17.5. The molecule has 1 unspecified atom stereocenters. The molecule has 0 saturated heterocycles. The summed E-state index contributed by atoms with van der Waals surface area (Å²) in [6.07, 6.45) is 0. The van der Waals surface area contributed by atoms with E-state index in [2.05, 4.69) is 255 Å². The Morgan fingerprint density at radius 2 is 0.924 bits per heavy atom. The van der Waals surface area contributed by atoms with Crippen LogP contribution in [0.4, 0.5) is 17.1 Å². The first-order chi connectivity index (χ1) is 32.5. The first-order valence-electron chi connectivity index (χ1n) is 23.0. The number of nitrogens with zero attached hydrogens (tertiary/aromatic N) is 1. The van der Waals surface area contributed by atoms with E-state index >= 15 is 0 Å². The highest BCUT2D eigenvalue weighted by Gasteiger charge is 2.46. The predicted molar refractivity (Wildman–Crippen MR) is 280 cm³/mol. The van der Waals surface area contributed by atoms with Crippen molar-refractivity contribution in [1.82, 2.24) is 0 Å². The number of thiophene rings is 1. The third-order valence-corrected chi connectivity index (χ3v) is 15.8. The van der Waals surface area contributed by atoms with Crippen LogP contribution in [0.5, 0.6) is 0 Å². The maximum Gasteiger partial charge on any atom is 0.0713 e. The van der Waals surface area contributed by atoms with Gasteiger partial charge in [0.25, 0.3) is 0 Å². The molecule has 2 aliphatic carbocycles. The molecule has 0 N–H and O–H groups in total. The smallest absolute Gasteiger partial charge is 0.0713 e. The zero-order chi connectivity index (χ0) is 44.0. The monoisotopic (exact) mass is 859 g/mol. The summed E-state index contributed by atoms with van der Waals surface area (Å²) in [5, 5.41) is 2.65. The highest BCUT2D eigenvalue weighted by Crippen LogP contribution is 2.59. The van der Waals surface area contributed by atoms with Crippen molar-refractivity contribution in [3.05, 3.63) is 270 Å². The van der Waals surface area contributed by atoms with Crippen molar-refractivity contribution in [2.24, 2.45) is 0 Å². The van der Waals surface area contributed by atoms with Crippen molar-refractivity contribution >= 4 is 48.6 Å². The average Bonchev–Trinajstić information content (AvgIpc) is 3.99. The van der Waals surface area contributed by atoms with Gasteiger partial charge in [0, 0.05) is 42.5 Å². The van der Waals surface area contributed by atoms with E-state index in [0.717, 1.165) is 11.4 Å². The van der Waals surface area contributed by atoms with Crippen molar-refractivity contribution in [3.63, 3.8) is 0 Å². The number of hydrogen-bond acceptors (Lipinski definition) is 2. The van der Waals surface area contributed by atoms with Gasteiger partial charge in [-0.2, -0.15) is 0 Å². The summed E-state index contributed by atoms with van der Waals surface area (Å²) < 4.78 is 2.66. The van der Waals surface area contributed by atoms with Gasteiger partial charge < -0.3 is 4.90 Å². The molecule has 0 fully saturated rings. The van der Waals surface area contributed by atoms with Crippen LogP contribution in [0.25, 0.3) is 64.7 Å². The molecule has 1 aromatic heterocycles. The Kier molecular flexibility index (Phi) is 8.72. The van der Waals surface area contributed by atoms with Gasteiger partial charge in [-0.25, -0.2) is 0 Å². The normalized spacial score (nSPS) is 15.3. The highest BCUT2D eigenvalue weighted by molar-refractivity contribution is 7.26. The number of rotatable bonds is 7. The quantitative estimate of drug-likeness (QED) is 0.154. The fraction of sp³-hybridized carbons (Fsp3) is 0.0625. The van der Waals surface area contributed by atoms with E-state index in [4.69, 9.17) is 0 Å². The molecule has 0 saturated carbocycles. The lowest BCUT2D eigenvalue weighted by Crippen LogP contribution is -2.28. The summed E-state index contributed by atoms with van der Waals surface area (Å²) in [5.41, 5.74) is 20.7. The van der Waals surface area contributed by atoms with Crippen molar-refractivity contribution in [2.75, 3.05) is 4.90 Å². The van der Waals surface area contributed by atoms with Gasteiger partial charge >= 0.3 is 0 Å². The Hall–Kier alpha value is -7.78. The summed E-state index contributed by atoms with van der Waals surface area (Å²) in [5.74, 6) is 0. The minimum Gasteiger partial charge on any atom is -0.310 e. The second-order valence-electron chi connectivity index (χ2n) is 18.4. The molecular formula is C64H45NS.